The number of hydrogen-bond donors (Lipinski definition) is 2. The minimum atomic E-state index is -3.32. The Labute approximate surface area is 144 Å². The van der Waals surface area contributed by atoms with Crippen LogP contribution < -0.4 is 11.1 Å². The van der Waals surface area contributed by atoms with E-state index in [0.717, 1.165) is 37.5 Å². The monoisotopic (exact) mass is 360 g/mol. The van der Waals surface area contributed by atoms with Gasteiger partial charge in [-0.25, -0.2) is 8.42 Å². The SMILES string of the molecule is Cc1ccc(S(C)(=O)=O)cc1C(=O)NC1CCCCC1CN.Cl. The van der Waals surface area contributed by atoms with Gasteiger partial charge in [0.2, 0.25) is 0 Å². The van der Waals surface area contributed by atoms with Crippen molar-refractivity contribution in [3.05, 3.63) is 29.3 Å². The molecular weight excluding hydrogens is 336 g/mol. The lowest BCUT2D eigenvalue weighted by atomic mass is 9.84. The molecule has 0 heterocycles. The molecular formula is C16H25ClN2O3S. The molecule has 0 aromatic heterocycles. The number of nitrogens with two attached hydrogens (primary N) is 1. The van der Waals surface area contributed by atoms with Gasteiger partial charge >= 0.3 is 0 Å². The van der Waals surface area contributed by atoms with Crippen molar-refractivity contribution < 1.29 is 13.2 Å². The molecule has 1 aromatic rings. The molecule has 2 atom stereocenters. The van der Waals surface area contributed by atoms with Crippen molar-refractivity contribution in [3.8, 4) is 0 Å². The van der Waals surface area contributed by atoms with E-state index in [9.17, 15) is 13.2 Å². The number of carbonyl (C=O) groups excluding carboxylic acids is 1. The summed E-state index contributed by atoms with van der Waals surface area (Å²) in [6, 6.07) is 4.74. The molecule has 23 heavy (non-hydrogen) atoms. The van der Waals surface area contributed by atoms with E-state index in [1.807, 2.05) is 6.92 Å². The van der Waals surface area contributed by atoms with E-state index in [0.29, 0.717) is 18.0 Å². The fraction of sp³-hybridized carbons (Fsp3) is 0.562. The lowest BCUT2D eigenvalue weighted by Crippen LogP contribution is -2.44. The molecule has 0 radical (unpaired) electrons. The molecule has 1 aliphatic carbocycles. The second-order valence-corrected chi connectivity index (χ2v) is 8.12. The van der Waals surface area contributed by atoms with Crippen molar-refractivity contribution in [3.63, 3.8) is 0 Å². The van der Waals surface area contributed by atoms with E-state index in [4.69, 9.17) is 5.73 Å². The van der Waals surface area contributed by atoms with Gasteiger partial charge in [0.25, 0.3) is 5.91 Å². The predicted molar refractivity (Wildman–Crippen MR) is 93.8 cm³/mol. The van der Waals surface area contributed by atoms with Crippen LogP contribution in [0, 0.1) is 12.8 Å². The molecule has 0 spiro atoms. The molecule has 1 aliphatic rings. The topological polar surface area (TPSA) is 89.3 Å². The Hall–Kier alpha value is -1.11. The van der Waals surface area contributed by atoms with Gasteiger partial charge in [-0.2, -0.15) is 0 Å². The Morgan fingerprint density at radius 3 is 2.57 bits per heavy atom. The lowest BCUT2D eigenvalue weighted by molar-refractivity contribution is 0.0907. The van der Waals surface area contributed by atoms with E-state index < -0.39 is 9.84 Å². The normalized spacial score (nSPS) is 21.3. The van der Waals surface area contributed by atoms with Crippen LogP contribution in [0.1, 0.15) is 41.6 Å². The molecule has 1 amide bonds. The zero-order valence-corrected chi connectivity index (χ0v) is 15.2. The molecule has 0 aliphatic heterocycles. The fourth-order valence-corrected chi connectivity index (χ4v) is 3.65. The van der Waals surface area contributed by atoms with E-state index in [1.165, 1.54) is 12.1 Å². The van der Waals surface area contributed by atoms with Gasteiger partial charge in [0.05, 0.1) is 4.90 Å². The summed E-state index contributed by atoms with van der Waals surface area (Å²) in [7, 11) is -3.32. The van der Waals surface area contributed by atoms with Crippen molar-refractivity contribution in [2.24, 2.45) is 11.7 Å². The van der Waals surface area contributed by atoms with Crippen molar-refractivity contribution in [1.82, 2.24) is 5.32 Å². The maximum absolute atomic E-state index is 12.5. The third-order valence-electron chi connectivity index (χ3n) is 4.41. The molecule has 2 rings (SSSR count). The Balaban J connectivity index is 0.00000264. The van der Waals surface area contributed by atoms with E-state index in [1.54, 1.807) is 6.07 Å². The highest BCUT2D eigenvalue weighted by atomic mass is 35.5. The van der Waals surface area contributed by atoms with E-state index >= 15 is 0 Å². The number of amides is 1. The van der Waals surface area contributed by atoms with Gasteiger partial charge in [-0.3, -0.25) is 4.79 Å². The smallest absolute Gasteiger partial charge is 0.251 e. The molecule has 130 valence electrons. The molecule has 0 saturated heterocycles. The minimum Gasteiger partial charge on any atom is -0.349 e. The standard InChI is InChI=1S/C16H24N2O3S.ClH/c1-11-7-8-13(22(2,20)21)9-14(11)16(19)18-15-6-4-3-5-12(15)10-17;/h7-9,12,15H,3-6,10,17H2,1-2H3,(H,18,19);1H. The average molecular weight is 361 g/mol. The molecule has 3 N–H and O–H groups in total. The average Bonchev–Trinajstić information content (AvgIpc) is 2.47. The van der Waals surface area contributed by atoms with Crippen LogP contribution in [-0.2, 0) is 9.84 Å². The van der Waals surface area contributed by atoms with Crippen molar-refractivity contribution >= 4 is 28.2 Å². The van der Waals surface area contributed by atoms with Crippen LogP contribution in [0.25, 0.3) is 0 Å². The number of rotatable bonds is 4. The molecule has 1 saturated carbocycles. The zero-order valence-electron chi connectivity index (χ0n) is 13.5. The third-order valence-corrected chi connectivity index (χ3v) is 5.52. The Morgan fingerprint density at radius 1 is 1.30 bits per heavy atom. The molecule has 1 fully saturated rings. The molecule has 5 nitrogen and oxygen atoms in total. The van der Waals surface area contributed by atoms with Crippen LogP contribution in [0.15, 0.2) is 23.1 Å². The first-order chi connectivity index (χ1) is 10.3. The second kappa shape index (κ2) is 8.13. The number of carbonyl (C=O) groups is 1. The van der Waals surface area contributed by atoms with Crippen molar-refractivity contribution in [2.75, 3.05) is 12.8 Å². The summed E-state index contributed by atoms with van der Waals surface area (Å²) in [6.07, 6.45) is 5.34. The van der Waals surface area contributed by atoms with Gasteiger partial charge in [0.1, 0.15) is 0 Å². The summed E-state index contributed by atoms with van der Waals surface area (Å²) >= 11 is 0. The predicted octanol–water partition coefficient (Wildman–Crippen LogP) is 2.07. The summed E-state index contributed by atoms with van der Waals surface area (Å²) in [5.41, 5.74) is 6.98. The quantitative estimate of drug-likeness (QED) is 0.860. The Morgan fingerprint density at radius 2 is 1.96 bits per heavy atom. The van der Waals surface area contributed by atoms with Gasteiger partial charge in [-0.1, -0.05) is 18.9 Å². The van der Waals surface area contributed by atoms with Crippen LogP contribution in [0.2, 0.25) is 0 Å². The van der Waals surface area contributed by atoms with Gasteiger partial charge in [-0.15, -0.1) is 12.4 Å². The number of hydrogen-bond acceptors (Lipinski definition) is 4. The highest BCUT2D eigenvalue weighted by Crippen LogP contribution is 2.24. The number of benzene rings is 1. The van der Waals surface area contributed by atoms with Gasteiger partial charge in [0.15, 0.2) is 9.84 Å². The third kappa shape index (κ3) is 4.93. The van der Waals surface area contributed by atoms with Gasteiger partial charge in [-0.05, 0) is 49.9 Å². The van der Waals surface area contributed by atoms with Crippen molar-refractivity contribution in [2.45, 2.75) is 43.5 Å². The first-order valence-corrected chi connectivity index (χ1v) is 9.53. The minimum absolute atomic E-state index is 0. The highest BCUT2D eigenvalue weighted by molar-refractivity contribution is 7.90. The van der Waals surface area contributed by atoms with E-state index in [-0.39, 0.29) is 29.3 Å². The van der Waals surface area contributed by atoms with Crippen LogP contribution in [-0.4, -0.2) is 33.2 Å². The first kappa shape index (κ1) is 19.9. The summed E-state index contributed by atoms with van der Waals surface area (Å²) in [5.74, 6) is 0.0875. The van der Waals surface area contributed by atoms with E-state index in [2.05, 4.69) is 5.32 Å². The number of sulfone groups is 1. The number of halogens is 1. The molecule has 1 aromatic carbocycles. The first-order valence-electron chi connectivity index (χ1n) is 7.64. The second-order valence-electron chi connectivity index (χ2n) is 6.11. The molecule has 0 bridgehead atoms. The van der Waals surface area contributed by atoms with Crippen LogP contribution in [0.5, 0.6) is 0 Å². The largest absolute Gasteiger partial charge is 0.349 e. The molecule has 7 heteroatoms. The van der Waals surface area contributed by atoms with Crippen molar-refractivity contribution in [1.29, 1.82) is 0 Å². The number of nitrogens with one attached hydrogen (secondary N) is 1. The van der Waals surface area contributed by atoms with Crippen LogP contribution in [0.3, 0.4) is 0 Å². The summed E-state index contributed by atoms with van der Waals surface area (Å²) in [6.45, 7) is 2.37. The summed E-state index contributed by atoms with van der Waals surface area (Å²) in [4.78, 5) is 12.7. The fourth-order valence-electron chi connectivity index (χ4n) is 3.00. The molecule has 2 unspecified atom stereocenters. The Kier molecular flexibility index (Phi) is 7.04. The zero-order chi connectivity index (χ0) is 16.3. The maximum Gasteiger partial charge on any atom is 0.251 e. The van der Waals surface area contributed by atoms with Gasteiger partial charge in [0, 0.05) is 17.9 Å². The van der Waals surface area contributed by atoms with Gasteiger partial charge < -0.3 is 11.1 Å². The summed E-state index contributed by atoms with van der Waals surface area (Å²) < 4.78 is 23.3. The Bertz CT molecular complexity index is 661. The summed E-state index contributed by atoms with van der Waals surface area (Å²) in [5, 5.41) is 3.04. The van der Waals surface area contributed by atoms with Crippen LogP contribution >= 0.6 is 12.4 Å². The highest BCUT2D eigenvalue weighted by Gasteiger charge is 2.26. The van der Waals surface area contributed by atoms with Crippen LogP contribution in [0.4, 0.5) is 0 Å². The maximum atomic E-state index is 12.5. The number of aryl methyl sites for hydroxylation is 1. The lowest BCUT2D eigenvalue weighted by Gasteiger charge is -2.31.